The second-order valence-electron chi connectivity index (χ2n) is 6.82. The molecule has 2 heterocycles. The molecule has 0 radical (unpaired) electrons. The van der Waals surface area contributed by atoms with Gasteiger partial charge in [0, 0.05) is 35.6 Å². The van der Waals surface area contributed by atoms with Gasteiger partial charge in [0.05, 0.1) is 12.5 Å². The van der Waals surface area contributed by atoms with Crippen molar-refractivity contribution >= 4 is 22.9 Å². The Morgan fingerprint density at radius 3 is 2.67 bits per heavy atom. The first-order chi connectivity index (χ1) is 13.0. The Labute approximate surface area is 156 Å². The number of hydrogen-bond donors (Lipinski definition) is 1. The van der Waals surface area contributed by atoms with Crippen LogP contribution < -0.4 is 0 Å². The van der Waals surface area contributed by atoms with E-state index >= 15 is 0 Å². The van der Waals surface area contributed by atoms with Crippen LogP contribution in [0, 0.1) is 5.82 Å². The van der Waals surface area contributed by atoms with Crippen LogP contribution in [0.25, 0.3) is 28.1 Å². The fourth-order valence-electron chi connectivity index (χ4n) is 3.65. The summed E-state index contributed by atoms with van der Waals surface area (Å²) in [6.45, 7) is 0. The lowest BCUT2D eigenvalue weighted by molar-refractivity contribution is -0.156. The number of fused-ring (bicyclic) bond motifs is 1. The SMILES string of the molecule is Cn1c(C=C[C@@H]2C[C@@H](O)CC(=O)O2)c(-c2ccc(F)cc2)c2ccccc21. The number of rotatable bonds is 3. The zero-order valence-corrected chi connectivity index (χ0v) is 14.9. The Morgan fingerprint density at radius 2 is 1.93 bits per heavy atom. The number of aliphatic hydroxyl groups is 1. The van der Waals surface area contributed by atoms with Crippen molar-refractivity contribution < 1.29 is 19.0 Å². The summed E-state index contributed by atoms with van der Waals surface area (Å²) >= 11 is 0. The second-order valence-corrected chi connectivity index (χ2v) is 6.82. The number of benzene rings is 2. The van der Waals surface area contributed by atoms with E-state index in [0.29, 0.717) is 6.42 Å². The van der Waals surface area contributed by atoms with Crippen LogP contribution in [0.3, 0.4) is 0 Å². The smallest absolute Gasteiger partial charge is 0.309 e. The van der Waals surface area contributed by atoms with Crippen molar-refractivity contribution in [1.82, 2.24) is 4.57 Å². The molecule has 138 valence electrons. The molecule has 0 bridgehead atoms. The molecule has 0 saturated carbocycles. The molecule has 0 unspecified atom stereocenters. The molecule has 1 aliphatic heterocycles. The Kier molecular flexibility index (Phi) is 4.54. The topological polar surface area (TPSA) is 51.5 Å². The number of carbonyl (C=O) groups excluding carboxylic acids is 1. The fourth-order valence-corrected chi connectivity index (χ4v) is 3.65. The van der Waals surface area contributed by atoms with E-state index in [1.165, 1.54) is 12.1 Å². The van der Waals surface area contributed by atoms with Crippen LogP contribution in [-0.4, -0.2) is 27.9 Å². The molecular weight excluding hydrogens is 345 g/mol. The van der Waals surface area contributed by atoms with Crippen molar-refractivity contribution in [3.8, 4) is 11.1 Å². The Bertz CT molecular complexity index is 1020. The van der Waals surface area contributed by atoms with E-state index < -0.39 is 12.2 Å². The molecule has 27 heavy (non-hydrogen) atoms. The number of esters is 1. The lowest BCUT2D eigenvalue weighted by atomic mass is 10.0. The minimum atomic E-state index is -0.676. The number of hydrogen-bond acceptors (Lipinski definition) is 3. The van der Waals surface area contributed by atoms with Crippen LogP contribution in [0.4, 0.5) is 4.39 Å². The van der Waals surface area contributed by atoms with Crippen molar-refractivity contribution in [2.75, 3.05) is 0 Å². The van der Waals surface area contributed by atoms with Gasteiger partial charge in [0.25, 0.3) is 0 Å². The van der Waals surface area contributed by atoms with Crippen LogP contribution in [0.2, 0.25) is 0 Å². The normalized spacial score (nSPS) is 20.3. The average Bonchev–Trinajstić information content (AvgIpc) is 2.92. The summed E-state index contributed by atoms with van der Waals surface area (Å²) in [6.07, 6.45) is 3.01. The van der Waals surface area contributed by atoms with E-state index in [0.717, 1.165) is 27.7 Å². The number of aryl methyl sites for hydroxylation is 1. The molecule has 1 saturated heterocycles. The lowest BCUT2D eigenvalue weighted by Gasteiger charge is -2.23. The van der Waals surface area contributed by atoms with Crippen molar-refractivity contribution in [1.29, 1.82) is 0 Å². The first-order valence-corrected chi connectivity index (χ1v) is 8.92. The third-order valence-corrected chi connectivity index (χ3v) is 4.94. The minimum absolute atomic E-state index is 0.0409. The van der Waals surface area contributed by atoms with Gasteiger partial charge < -0.3 is 14.4 Å². The summed E-state index contributed by atoms with van der Waals surface area (Å²) in [5, 5.41) is 10.9. The highest BCUT2D eigenvalue weighted by Gasteiger charge is 2.25. The molecule has 2 atom stereocenters. The third kappa shape index (κ3) is 3.38. The predicted molar refractivity (Wildman–Crippen MR) is 102 cm³/mol. The van der Waals surface area contributed by atoms with Gasteiger partial charge in [-0.2, -0.15) is 0 Å². The van der Waals surface area contributed by atoms with Gasteiger partial charge in [0.1, 0.15) is 11.9 Å². The third-order valence-electron chi connectivity index (χ3n) is 4.94. The molecule has 4 nitrogen and oxygen atoms in total. The van der Waals surface area contributed by atoms with Gasteiger partial charge in [-0.3, -0.25) is 4.79 Å². The highest BCUT2D eigenvalue weighted by Crippen LogP contribution is 2.35. The van der Waals surface area contributed by atoms with E-state index in [1.807, 2.05) is 43.5 Å². The van der Waals surface area contributed by atoms with Crippen molar-refractivity contribution in [2.24, 2.45) is 7.05 Å². The molecule has 0 amide bonds. The summed E-state index contributed by atoms with van der Waals surface area (Å²) in [5.74, 6) is -0.668. The molecule has 1 aliphatic rings. The molecule has 3 aromatic rings. The molecule has 1 fully saturated rings. The Balaban J connectivity index is 1.81. The van der Waals surface area contributed by atoms with Gasteiger partial charge >= 0.3 is 5.97 Å². The quantitative estimate of drug-likeness (QED) is 0.712. The molecule has 5 heteroatoms. The van der Waals surface area contributed by atoms with Crippen molar-refractivity contribution in [2.45, 2.75) is 25.0 Å². The fraction of sp³-hybridized carbons (Fsp3) is 0.227. The first-order valence-electron chi connectivity index (χ1n) is 8.92. The first kappa shape index (κ1) is 17.5. The zero-order valence-electron chi connectivity index (χ0n) is 14.9. The highest BCUT2D eigenvalue weighted by atomic mass is 19.1. The van der Waals surface area contributed by atoms with E-state index in [2.05, 4.69) is 4.57 Å². The van der Waals surface area contributed by atoms with E-state index in [1.54, 1.807) is 12.1 Å². The number of halogens is 1. The summed E-state index contributed by atoms with van der Waals surface area (Å²) in [5.41, 5.74) is 3.89. The molecule has 2 aromatic carbocycles. The molecular formula is C22H20FNO3. The number of ether oxygens (including phenoxy) is 1. The maximum Gasteiger partial charge on any atom is 0.309 e. The molecule has 1 aromatic heterocycles. The maximum atomic E-state index is 13.4. The number of aromatic nitrogens is 1. The van der Waals surface area contributed by atoms with E-state index in [9.17, 15) is 14.3 Å². The standard InChI is InChI=1S/C22H20FNO3/c1-24-19-5-3-2-4-18(19)22(14-6-8-15(23)9-7-14)20(24)11-10-17-12-16(25)13-21(26)27-17/h2-11,16-17,25H,12-13H2,1H3/t16-,17-/m1/s1. The molecule has 0 aliphatic carbocycles. The Hall–Kier alpha value is -2.92. The van der Waals surface area contributed by atoms with Gasteiger partial charge in [-0.1, -0.05) is 30.3 Å². The molecule has 1 N–H and O–H groups in total. The van der Waals surface area contributed by atoms with Crippen LogP contribution in [0.15, 0.2) is 54.6 Å². The van der Waals surface area contributed by atoms with Gasteiger partial charge in [0.15, 0.2) is 0 Å². The molecule has 0 spiro atoms. The highest BCUT2D eigenvalue weighted by molar-refractivity contribution is 6.00. The van der Waals surface area contributed by atoms with E-state index in [4.69, 9.17) is 4.74 Å². The molecule has 4 rings (SSSR count). The number of aliphatic hydroxyl groups excluding tert-OH is 1. The Morgan fingerprint density at radius 1 is 1.19 bits per heavy atom. The van der Waals surface area contributed by atoms with Crippen molar-refractivity contribution in [3.63, 3.8) is 0 Å². The summed E-state index contributed by atoms with van der Waals surface area (Å²) in [4.78, 5) is 11.6. The van der Waals surface area contributed by atoms with Crippen LogP contribution >= 0.6 is 0 Å². The van der Waals surface area contributed by atoms with Crippen LogP contribution in [0.5, 0.6) is 0 Å². The monoisotopic (exact) mass is 365 g/mol. The summed E-state index contributed by atoms with van der Waals surface area (Å²) < 4.78 is 20.8. The van der Waals surface area contributed by atoms with Crippen LogP contribution in [0.1, 0.15) is 18.5 Å². The maximum absolute atomic E-state index is 13.4. The van der Waals surface area contributed by atoms with Gasteiger partial charge in [-0.15, -0.1) is 0 Å². The number of para-hydroxylation sites is 1. The average molecular weight is 365 g/mol. The van der Waals surface area contributed by atoms with E-state index in [-0.39, 0.29) is 18.2 Å². The summed E-state index contributed by atoms with van der Waals surface area (Å²) in [6, 6.07) is 14.4. The predicted octanol–water partition coefficient (Wildman–Crippen LogP) is 4.06. The van der Waals surface area contributed by atoms with Gasteiger partial charge in [-0.25, -0.2) is 4.39 Å². The van der Waals surface area contributed by atoms with Crippen molar-refractivity contribution in [3.05, 3.63) is 66.1 Å². The number of carbonyl (C=O) groups is 1. The van der Waals surface area contributed by atoms with Gasteiger partial charge in [-0.05, 0) is 35.9 Å². The lowest BCUT2D eigenvalue weighted by Crippen LogP contribution is -2.31. The van der Waals surface area contributed by atoms with Crippen LogP contribution in [-0.2, 0) is 16.6 Å². The zero-order chi connectivity index (χ0) is 19.0. The number of cyclic esters (lactones) is 1. The number of nitrogens with zero attached hydrogens (tertiary/aromatic N) is 1. The largest absolute Gasteiger partial charge is 0.458 e. The van der Waals surface area contributed by atoms with Gasteiger partial charge in [0.2, 0.25) is 0 Å². The minimum Gasteiger partial charge on any atom is -0.458 e. The summed E-state index contributed by atoms with van der Waals surface area (Å²) in [7, 11) is 1.97. The second kappa shape index (κ2) is 7.00.